The summed E-state index contributed by atoms with van der Waals surface area (Å²) >= 11 is 0. The third-order valence-electron chi connectivity index (χ3n) is 2.88. The fraction of sp³-hybridized carbons (Fsp3) is 0.250. The highest BCUT2D eigenvalue weighted by Gasteiger charge is 2.26. The van der Waals surface area contributed by atoms with E-state index in [1.165, 1.54) is 11.0 Å². The molecule has 20 heavy (non-hydrogen) atoms. The lowest BCUT2D eigenvalue weighted by molar-refractivity contribution is -0.619. The number of nitrogens with two attached hydrogens (primary N) is 1. The van der Waals surface area contributed by atoms with Crippen molar-refractivity contribution in [3.8, 4) is 0 Å². The number of hydrogen-bond donors (Lipinski definition) is 2. The van der Waals surface area contributed by atoms with Crippen LogP contribution < -0.4 is 20.1 Å². The second kappa shape index (κ2) is 5.47. The van der Waals surface area contributed by atoms with E-state index in [0.29, 0.717) is 22.4 Å². The number of anilines is 1. The van der Waals surface area contributed by atoms with Gasteiger partial charge in [0.25, 0.3) is 11.7 Å². The Morgan fingerprint density at radius 3 is 2.60 bits per heavy atom. The Hall–Kier alpha value is -2.77. The molecule has 0 amide bonds. The maximum Gasteiger partial charge on any atom is 0.354 e. The molecule has 106 valence electrons. The molecular formula is C12H15N5O3. The Kier molecular flexibility index (Phi) is 3.74. The summed E-state index contributed by atoms with van der Waals surface area (Å²) in [4.78, 5) is 1.29. The van der Waals surface area contributed by atoms with E-state index in [4.69, 9.17) is 10.9 Å². The molecule has 0 fully saturated rings. The minimum absolute atomic E-state index is 0.0100. The molecule has 0 aliphatic rings. The van der Waals surface area contributed by atoms with Crippen molar-refractivity contribution < 1.29 is 14.7 Å². The van der Waals surface area contributed by atoms with Crippen LogP contribution in [0.2, 0.25) is 0 Å². The van der Waals surface area contributed by atoms with Crippen molar-refractivity contribution in [2.75, 3.05) is 11.4 Å². The predicted molar refractivity (Wildman–Crippen MR) is 72.9 cm³/mol. The number of nitrogens with zero attached hydrogens (tertiary/aromatic N) is 4. The number of para-hydroxylation sites is 2. The van der Waals surface area contributed by atoms with Gasteiger partial charge >= 0.3 is 11.8 Å². The first-order valence-corrected chi connectivity index (χ1v) is 6.09. The van der Waals surface area contributed by atoms with Crippen LogP contribution in [0.5, 0.6) is 0 Å². The van der Waals surface area contributed by atoms with Gasteiger partial charge in [-0.3, -0.25) is 0 Å². The van der Waals surface area contributed by atoms with Gasteiger partial charge in [0.05, 0.1) is 6.54 Å². The summed E-state index contributed by atoms with van der Waals surface area (Å²) in [6, 6.07) is 6.42. The Morgan fingerprint density at radius 2 is 2.00 bits per heavy atom. The van der Waals surface area contributed by atoms with Crippen molar-refractivity contribution in [3.05, 3.63) is 40.9 Å². The average molecular weight is 277 g/mol. The molecule has 1 aromatic carbocycles. The molecule has 0 saturated carbocycles. The van der Waals surface area contributed by atoms with Crippen LogP contribution in [-0.2, 0) is 0 Å². The normalized spacial score (nSPS) is 11.8. The van der Waals surface area contributed by atoms with Gasteiger partial charge in [-0.1, -0.05) is 19.1 Å². The number of benzene rings is 1. The van der Waals surface area contributed by atoms with Crippen LogP contribution >= 0.6 is 0 Å². The minimum atomic E-state index is -0.244. The number of aromatic nitrogens is 2. The fourth-order valence-corrected chi connectivity index (χ4v) is 1.98. The van der Waals surface area contributed by atoms with E-state index >= 15 is 0 Å². The maximum absolute atomic E-state index is 12.3. The van der Waals surface area contributed by atoms with Crippen LogP contribution in [0.1, 0.15) is 13.3 Å². The molecule has 0 radical (unpaired) electrons. The van der Waals surface area contributed by atoms with Gasteiger partial charge in [-0.05, 0) is 17.6 Å². The smallest absolute Gasteiger partial charge is 0.354 e. The number of oxime groups is 1. The Labute approximate surface area is 115 Å². The predicted octanol–water partition coefficient (Wildman–Crippen LogP) is 0.0269. The van der Waals surface area contributed by atoms with E-state index < -0.39 is 0 Å². The first kappa shape index (κ1) is 13.7. The molecule has 3 N–H and O–H groups in total. The van der Waals surface area contributed by atoms with E-state index in [1.807, 2.05) is 6.92 Å². The number of fused-ring (bicyclic) bond motifs is 1. The van der Waals surface area contributed by atoms with Crippen molar-refractivity contribution in [3.63, 3.8) is 0 Å². The summed E-state index contributed by atoms with van der Waals surface area (Å²) in [7, 11) is 0. The lowest BCUT2D eigenvalue weighted by atomic mass is 10.3. The molecule has 0 aliphatic heterocycles. The number of hydrogen-bond acceptors (Lipinski definition) is 4. The van der Waals surface area contributed by atoms with E-state index in [0.717, 1.165) is 6.20 Å². The van der Waals surface area contributed by atoms with Crippen molar-refractivity contribution in [1.29, 1.82) is 0 Å². The second-order valence-corrected chi connectivity index (χ2v) is 4.21. The molecule has 8 nitrogen and oxygen atoms in total. The van der Waals surface area contributed by atoms with Gasteiger partial charge in [0.2, 0.25) is 5.52 Å². The van der Waals surface area contributed by atoms with Crippen LogP contribution in [0.3, 0.4) is 0 Å². The molecule has 0 spiro atoms. The quantitative estimate of drug-likeness (QED) is 0.205. The van der Waals surface area contributed by atoms with Gasteiger partial charge in [0, 0.05) is 6.07 Å². The lowest BCUT2D eigenvalue weighted by Crippen LogP contribution is -2.49. The highest BCUT2D eigenvalue weighted by molar-refractivity contribution is 5.92. The Balaban J connectivity index is 2.67. The minimum Gasteiger partial charge on any atom is -0.710 e. The summed E-state index contributed by atoms with van der Waals surface area (Å²) in [6.07, 6.45) is 1.77. The first-order chi connectivity index (χ1) is 9.60. The molecule has 0 atom stereocenters. The Morgan fingerprint density at radius 1 is 1.35 bits per heavy atom. The number of guanidine groups is 1. The van der Waals surface area contributed by atoms with Crippen LogP contribution in [0.25, 0.3) is 11.0 Å². The molecule has 0 unspecified atom stereocenters. The van der Waals surface area contributed by atoms with E-state index in [2.05, 4.69) is 5.16 Å². The van der Waals surface area contributed by atoms with Crippen LogP contribution in [0, 0.1) is 10.4 Å². The van der Waals surface area contributed by atoms with Gasteiger partial charge < -0.3 is 21.4 Å². The molecule has 0 saturated heterocycles. The molecule has 2 aromatic rings. The highest BCUT2D eigenvalue weighted by atomic mass is 16.5. The molecule has 0 bridgehead atoms. The second-order valence-electron chi connectivity index (χ2n) is 4.21. The maximum atomic E-state index is 12.3. The monoisotopic (exact) mass is 277 g/mol. The standard InChI is InChI=1S/C12H15N5O3/c1-2-7-15(12(13)14-18)11-8-16(19)9-5-3-4-6-10(9)17(11)20/h3-6,8,18H,2,7H2,1H3,(H2,13,14). The van der Waals surface area contributed by atoms with E-state index in [1.54, 1.807) is 18.2 Å². The average Bonchev–Trinajstić information content (AvgIpc) is 2.48. The van der Waals surface area contributed by atoms with Crippen molar-refractivity contribution in [2.45, 2.75) is 13.3 Å². The Bertz CT molecular complexity index is 659. The van der Waals surface area contributed by atoms with Gasteiger partial charge in [0.1, 0.15) is 0 Å². The fourth-order valence-electron chi connectivity index (χ4n) is 1.98. The van der Waals surface area contributed by atoms with Crippen molar-refractivity contribution in [1.82, 2.24) is 0 Å². The highest BCUT2D eigenvalue weighted by Crippen LogP contribution is 2.12. The van der Waals surface area contributed by atoms with Crippen molar-refractivity contribution >= 4 is 22.8 Å². The van der Waals surface area contributed by atoms with Crippen LogP contribution in [0.4, 0.5) is 5.82 Å². The summed E-state index contributed by atoms with van der Waals surface area (Å²) in [5, 5.41) is 36.0. The number of rotatable bonds is 3. The molecule has 0 aliphatic carbocycles. The van der Waals surface area contributed by atoms with Crippen LogP contribution in [-0.4, -0.2) is 17.7 Å². The van der Waals surface area contributed by atoms with Crippen LogP contribution in [0.15, 0.2) is 35.6 Å². The molecular weight excluding hydrogens is 262 g/mol. The summed E-state index contributed by atoms with van der Waals surface area (Å²) in [6.45, 7) is 2.22. The SMILES string of the molecule is CCCN(C(N)=NO)c1c[n+]([O-])c2ccccc2[n+]1[O-]. The zero-order valence-corrected chi connectivity index (χ0v) is 10.9. The van der Waals surface area contributed by atoms with E-state index in [9.17, 15) is 10.4 Å². The van der Waals surface area contributed by atoms with Gasteiger partial charge in [-0.15, -0.1) is 0 Å². The topological polar surface area (TPSA) is 116 Å². The summed E-state index contributed by atoms with van der Waals surface area (Å²) < 4.78 is 1.18. The van der Waals surface area contributed by atoms with E-state index in [-0.39, 0.29) is 22.8 Å². The largest absolute Gasteiger partial charge is 0.710 e. The molecule has 8 heteroatoms. The molecule has 1 aromatic heterocycles. The van der Waals surface area contributed by atoms with Gasteiger partial charge in [-0.2, -0.15) is 9.63 Å². The zero-order chi connectivity index (χ0) is 14.7. The molecule has 1 heterocycles. The van der Waals surface area contributed by atoms with Gasteiger partial charge in [-0.25, -0.2) is 4.73 Å². The summed E-state index contributed by atoms with van der Waals surface area (Å²) in [5.41, 5.74) is 6.03. The van der Waals surface area contributed by atoms with Crippen molar-refractivity contribution in [2.24, 2.45) is 10.9 Å². The van der Waals surface area contributed by atoms with Gasteiger partial charge in [0.15, 0.2) is 0 Å². The molecule has 2 rings (SSSR count). The first-order valence-electron chi connectivity index (χ1n) is 6.09. The third kappa shape index (κ3) is 2.22. The third-order valence-corrected chi connectivity index (χ3v) is 2.88. The summed E-state index contributed by atoms with van der Waals surface area (Å²) in [5.74, 6) is -0.234. The zero-order valence-electron chi connectivity index (χ0n) is 10.9. The lowest BCUT2D eigenvalue weighted by Gasteiger charge is -2.18.